The smallest absolute Gasteiger partial charge is 0.161 e. The summed E-state index contributed by atoms with van der Waals surface area (Å²) in [7, 11) is 1.47. The lowest BCUT2D eigenvalue weighted by atomic mass is 10.0. The summed E-state index contributed by atoms with van der Waals surface area (Å²) in [6, 6.07) is 4.87. The van der Waals surface area contributed by atoms with Crippen LogP contribution in [0.25, 0.3) is 6.08 Å². The number of carbonyl (C=O) groups is 1. The van der Waals surface area contributed by atoms with Crippen LogP contribution in [0.3, 0.4) is 0 Å². The predicted molar refractivity (Wildman–Crippen MR) is 78.3 cm³/mol. The van der Waals surface area contributed by atoms with Crippen LogP contribution in [0.1, 0.15) is 24.8 Å². The second-order valence-corrected chi connectivity index (χ2v) is 5.11. The van der Waals surface area contributed by atoms with Crippen LogP contribution >= 0.6 is 0 Å². The number of phenolic OH excluding ortho intramolecular Hbond substituents is 1. The minimum absolute atomic E-state index is 0.0545. The zero-order valence-electron chi connectivity index (χ0n) is 12.0. The average molecular weight is 292 g/mol. The fraction of sp³-hybridized carbons (Fsp3) is 0.438. The number of ketones is 1. The maximum Gasteiger partial charge on any atom is 0.161 e. The second kappa shape index (κ2) is 7.24. The Balaban J connectivity index is 1.92. The average Bonchev–Trinajstić information content (AvgIpc) is 2.46. The molecule has 0 saturated carbocycles. The minimum atomic E-state index is -0.373. The Morgan fingerprint density at radius 1 is 1.52 bits per heavy atom. The van der Waals surface area contributed by atoms with Crippen molar-refractivity contribution in [1.82, 2.24) is 0 Å². The molecule has 5 nitrogen and oxygen atoms in total. The molecule has 0 aliphatic carbocycles. The molecule has 2 unspecified atom stereocenters. The largest absolute Gasteiger partial charge is 0.504 e. The number of hydrogen-bond acceptors (Lipinski definition) is 5. The summed E-state index contributed by atoms with van der Waals surface area (Å²) in [6.45, 7) is 0.498. The summed E-state index contributed by atoms with van der Waals surface area (Å²) in [5.74, 6) is 0.370. The summed E-state index contributed by atoms with van der Waals surface area (Å²) >= 11 is 0. The molecule has 1 aliphatic heterocycles. The van der Waals surface area contributed by atoms with Gasteiger partial charge in [0, 0.05) is 19.4 Å². The normalized spacial score (nSPS) is 22.4. The van der Waals surface area contributed by atoms with Crippen molar-refractivity contribution in [2.24, 2.45) is 0 Å². The first kappa shape index (κ1) is 15.5. The Morgan fingerprint density at radius 3 is 3.05 bits per heavy atom. The van der Waals surface area contributed by atoms with Gasteiger partial charge in [0.2, 0.25) is 0 Å². The molecule has 0 amide bonds. The zero-order chi connectivity index (χ0) is 15.2. The van der Waals surface area contributed by atoms with Gasteiger partial charge in [0.05, 0.1) is 19.3 Å². The van der Waals surface area contributed by atoms with Crippen LogP contribution in [0.2, 0.25) is 0 Å². The Labute approximate surface area is 123 Å². The van der Waals surface area contributed by atoms with E-state index in [1.807, 2.05) is 0 Å². The standard InChI is InChI=1S/C16H20O5/c1-20-16-8-11(3-5-15(16)19)2-4-12(17)9-14-10-13(18)6-7-21-14/h2-5,8,13-14,18-19H,6-7,9-10H2,1H3/b4-2+. The van der Waals surface area contributed by atoms with Gasteiger partial charge >= 0.3 is 0 Å². The third-order valence-electron chi connectivity index (χ3n) is 3.43. The van der Waals surface area contributed by atoms with Crippen LogP contribution in [-0.2, 0) is 9.53 Å². The molecule has 21 heavy (non-hydrogen) atoms. The van der Waals surface area contributed by atoms with Gasteiger partial charge in [0.15, 0.2) is 17.3 Å². The SMILES string of the molecule is COc1cc(/C=C/C(=O)CC2CC(O)CCO2)ccc1O. The lowest BCUT2D eigenvalue weighted by Crippen LogP contribution is -2.30. The lowest BCUT2D eigenvalue weighted by molar-refractivity contribution is -0.119. The van der Waals surface area contributed by atoms with E-state index in [1.54, 1.807) is 18.2 Å². The van der Waals surface area contributed by atoms with E-state index in [4.69, 9.17) is 9.47 Å². The van der Waals surface area contributed by atoms with Crippen molar-refractivity contribution < 1.29 is 24.5 Å². The molecule has 0 radical (unpaired) electrons. The fourth-order valence-electron chi connectivity index (χ4n) is 2.28. The third-order valence-corrected chi connectivity index (χ3v) is 3.43. The van der Waals surface area contributed by atoms with Crippen molar-refractivity contribution in [3.8, 4) is 11.5 Å². The highest BCUT2D eigenvalue weighted by molar-refractivity contribution is 5.93. The Bertz CT molecular complexity index is 523. The molecule has 0 spiro atoms. The maximum absolute atomic E-state index is 11.9. The van der Waals surface area contributed by atoms with E-state index in [1.165, 1.54) is 19.3 Å². The van der Waals surface area contributed by atoms with Gasteiger partial charge < -0.3 is 19.7 Å². The number of phenols is 1. The molecule has 5 heteroatoms. The molecule has 1 fully saturated rings. The van der Waals surface area contributed by atoms with Gasteiger partial charge in [-0.05, 0) is 30.2 Å². The first-order valence-electron chi connectivity index (χ1n) is 6.96. The summed E-state index contributed by atoms with van der Waals surface area (Å²) in [5, 5.41) is 19.0. The van der Waals surface area contributed by atoms with Crippen LogP contribution in [0, 0.1) is 0 Å². The molecule has 1 saturated heterocycles. The van der Waals surface area contributed by atoms with Crippen LogP contribution in [0.5, 0.6) is 11.5 Å². The highest BCUT2D eigenvalue weighted by Gasteiger charge is 2.22. The van der Waals surface area contributed by atoms with Crippen molar-refractivity contribution in [2.75, 3.05) is 13.7 Å². The van der Waals surface area contributed by atoms with Gasteiger partial charge in [0.1, 0.15) is 0 Å². The molecule has 1 heterocycles. The van der Waals surface area contributed by atoms with E-state index in [0.29, 0.717) is 25.2 Å². The van der Waals surface area contributed by atoms with Crippen LogP contribution in [-0.4, -0.2) is 41.9 Å². The second-order valence-electron chi connectivity index (χ2n) is 5.11. The molecule has 0 aromatic heterocycles. The van der Waals surface area contributed by atoms with E-state index < -0.39 is 0 Å². The van der Waals surface area contributed by atoms with Gasteiger partial charge in [-0.25, -0.2) is 0 Å². The van der Waals surface area contributed by atoms with Gasteiger partial charge in [-0.2, -0.15) is 0 Å². The molecular weight excluding hydrogens is 272 g/mol. The molecule has 0 bridgehead atoms. The summed E-state index contributed by atoms with van der Waals surface area (Å²) in [5.41, 5.74) is 0.766. The van der Waals surface area contributed by atoms with Crippen molar-refractivity contribution in [1.29, 1.82) is 0 Å². The van der Waals surface area contributed by atoms with Gasteiger partial charge in [-0.1, -0.05) is 12.1 Å². The first-order chi connectivity index (χ1) is 10.1. The number of ether oxygens (including phenoxy) is 2. The van der Waals surface area contributed by atoms with Gasteiger partial charge in [0.25, 0.3) is 0 Å². The van der Waals surface area contributed by atoms with E-state index in [-0.39, 0.29) is 30.2 Å². The predicted octanol–water partition coefficient (Wildman–Crippen LogP) is 1.91. The maximum atomic E-state index is 11.9. The summed E-state index contributed by atoms with van der Waals surface area (Å²) in [6.07, 6.45) is 3.98. The molecule has 2 N–H and O–H groups in total. The number of benzene rings is 1. The molecule has 1 aliphatic rings. The van der Waals surface area contributed by atoms with Crippen LogP contribution < -0.4 is 4.74 Å². The zero-order valence-corrected chi connectivity index (χ0v) is 12.0. The van der Waals surface area contributed by atoms with E-state index in [2.05, 4.69) is 0 Å². The third kappa shape index (κ3) is 4.58. The number of carbonyl (C=O) groups excluding carboxylic acids is 1. The fourth-order valence-corrected chi connectivity index (χ4v) is 2.28. The van der Waals surface area contributed by atoms with Crippen molar-refractivity contribution in [2.45, 2.75) is 31.5 Å². The van der Waals surface area contributed by atoms with Crippen LogP contribution in [0.15, 0.2) is 24.3 Å². The molecule has 2 rings (SSSR count). The van der Waals surface area contributed by atoms with Crippen molar-refractivity contribution in [3.05, 3.63) is 29.8 Å². The van der Waals surface area contributed by atoms with Crippen molar-refractivity contribution in [3.63, 3.8) is 0 Å². The van der Waals surface area contributed by atoms with E-state index in [0.717, 1.165) is 5.56 Å². The number of hydrogen-bond donors (Lipinski definition) is 2. The lowest BCUT2D eigenvalue weighted by Gasteiger charge is -2.25. The quantitative estimate of drug-likeness (QED) is 0.811. The molecule has 2 atom stereocenters. The Morgan fingerprint density at radius 2 is 2.33 bits per heavy atom. The molecular formula is C16H20O5. The number of aliphatic hydroxyl groups is 1. The highest BCUT2D eigenvalue weighted by Crippen LogP contribution is 2.26. The highest BCUT2D eigenvalue weighted by atomic mass is 16.5. The molecule has 1 aromatic carbocycles. The van der Waals surface area contributed by atoms with Gasteiger partial charge in [-0.3, -0.25) is 4.79 Å². The number of aliphatic hydroxyl groups excluding tert-OH is 1. The summed E-state index contributed by atoms with van der Waals surface area (Å²) < 4.78 is 10.5. The number of rotatable bonds is 5. The van der Waals surface area contributed by atoms with Crippen molar-refractivity contribution >= 4 is 11.9 Å². The number of aromatic hydroxyl groups is 1. The number of methoxy groups -OCH3 is 1. The molecule has 1 aromatic rings. The topological polar surface area (TPSA) is 76.0 Å². The van der Waals surface area contributed by atoms with E-state index in [9.17, 15) is 15.0 Å². The van der Waals surface area contributed by atoms with E-state index >= 15 is 0 Å². The first-order valence-corrected chi connectivity index (χ1v) is 6.96. The van der Waals surface area contributed by atoms with Gasteiger partial charge in [-0.15, -0.1) is 0 Å². The Kier molecular flexibility index (Phi) is 5.36. The molecule has 114 valence electrons. The minimum Gasteiger partial charge on any atom is -0.504 e. The number of allylic oxidation sites excluding steroid dienone is 1. The van der Waals surface area contributed by atoms with Crippen LogP contribution in [0.4, 0.5) is 0 Å². The Hall–Kier alpha value is -1.85. The summed E-state index contributed by atoms with van der Waals surface area (Å²) in [4.78, 5) is 11.9. The monoisotopic (exact) mass is 292 g/mol.